The molecule has 4 nitrogen and oxygen atoms in total. The Morgan fingerprint density at radius 2 is 1.64 bits per heavy atom. The molecule has 0 aliphatic heterocycles. The molecule has 0 unspecified atom stereocenters. The van der Waals surface area contributed by atoms with Crippen molar-refractivity contribution in [2.75, 3.05) is 0 Å². The van der Waals surface area contributed by atoms with E-state index in [9.17, 15) is 10.1 Å². The van der Waals surface area contributed by atoms with Gasteiger partial charge in [0.25, 0.3) is 5.69 Å². The number of pyridine rings is 1. The standard InChI is InChI=1S/C23H14N2O2S/c26-25(27)20-14-15(19-8-3-4-13-24-19)11-12-16(20)17-7-5-10-22-23(17)18-6-1-2-9-21(18)28-22/h1-14H. The number of rotatable bonds is 3. The highest BCUT2D eigenvalue weighted by atomic mass is 32.1. The van der Waals surface area contributed by atoms with E-state index < -0.39 is 0 Å². The van der Waals surface area contributed by atoms with Crippen LogP contribution in [0.1, 0.15) is 0 Å². The third kappa shape index (κ3) is 2.64. The topological polar surface area (TPSA) is 56.0 Å². The molecule has 134 valence electrons. The Labute approximate surface area is 164 Å². The largest absolute Gasteiger partial charge is 0.277 e. The Morgan fingerprint density at radius 1 is 0.821 bits per heavy atom. The van der Waals surface area contributed by atoms with E-state index >= 15 is 0 Å². The summed E-state index contributed by atoms with van der Waals surface area (Å²) in [5, 5.41) is 14.1. The first-order valence-electron chi connectivity index (χ1n) is 8.83. The van der Waals surface area contributed by atoms with Crippen molar-refractivity contribution in [3.8, 4) is 22.4 Å². The third-order valence-corrected chi connectivity index (χ3v) is 5.98. The Balaban J connectivity index is 1.79. The highest BCUT2D eigenvalue weighted by Gasteiger charge is 2.20. The summed E-state index contributed by atoms with van der Waals surface area (Å²) >= 11 is 1.70. The highest BCUT2D eigenvalue weighted by Crippen LogP contribution is 2.43. The molecule has 0 bridgehead atoms. The monoisotopic (exact) mass is 382 g/mol. The van der Waals surface area contributed by atoms with Gasteiger partial charge in [-0.15, -0.1) is 11.3 Å². The maximum Gasteiger partial charge on any atom is 0.277 e. The zero-order valence-corrected chi connectivity index (χ0v) is 15.5. The molecule has 5 aromatic rings. The predicted octanol–water partition coefficient (Wildman–Crippen LogP) is 6.69. The fourth-order valence-corrected chi connectivity index (χ4v) is 4.73. The fraction of sp³-hybridized carbons (Fsp3) is 0. The van der Waals surface area contributed by atoms with Gasteiger partial charge in [-0.1, -0.05) is 42.5 Å². The first-order chi connectivity index (χ1) is 13.7. The summed E-state index contributed by atoms with van der Waals surface area (Å²) in [7, 11) is 0. The molecule has 0 aliphatic carbocycles. The lowest BCUT2D eigenvalue weighted by Crippen LogP contribution is -1.94. The minimum atomic E-state index is -0.310. The van der Waals surface area contributed by atoms with Crippen LogP contribution in [0.25, 0.3) is 42.6 Å². The molecule has 0 amide bonds. The first-order valence-corrected chi connectivity index (χ1v) is 9.64. The normalized spacial score (nSPS) is 11.1. The van der Waals surface area contributed by atoms with Crippen molar-refractivity contribution in [2.24, 2.45) is 0 Å². The minimum Gasteiger partial charge on any atom is -0.258 e. The van der Waals surface area contributed by atoms with Crippen LogP contribution in [-0.4, -0.2) is 9.91 Å². The average Bonchev–Trinajstić information content (AvgIpc) is 3.13. The lowest BCUT2D eigenvalue weighted by molar-refractivity contribution is -0.384. The lowest BCUT2D eigenvalue weighted by atomic mass is 9.96. The van der Waals surface area contributed by atoms with E-state index in [1.54, 1.807) is 23.6 Å². The molecular weight excluding hydrogens is 368 g/mol. The number of fused-ring (bicyclic) bond motifs is 3. The van der Waals surface area contributed by atoms with Crippen LogP contribution in [0.4, 0.5) is 5.69 Å². The number of benzene rings is 3. The molecule has 0 aliphatic rings. The van der Waals surface area contributed by atoms with Gasteiger partial charge >= 0.3 is 0 Å². The predicted molar refractivity (Wildman–Crippen MR) is 115 cm³/mol. The molecule has 0 saturated heterocycles. The Kier molecular flexibility index (Phi) is 3.88. The van der Waals surface area contributed by atoms with Crippen LogP contribution in [0.15, 0.2) is 85.1 Å². The van der Waals surface area contributed by atoms with Gasteiger partial charge in [0.2, 0.25) is 0 Å². The fourth-order valence-electron chi connectivity index (χ4n) is 3.60. The van der Waals surface area contributed by atoms with Gasteiger partial charge in [0.15, 0.2) is 0 Å². The van der Waals surface area contributed by atoms with Crippen molar-refractivity contribution in [1.82, 2.24) is 4.98 Å². The maximum absolute atomic E-state index is 11.9. The number of nitrogens with zero attached hydrogens (tertiary/aromatic N) is 2. The third-order valence-electron chi connectivity index (χ3n) is 4.85. The number of hydrogen-bond acceptors (Lipinski definition) is 4. The van der Waals surface area contributed by atoms with Gasteiger partial charge in [0.05, 0.1) is 16.2 Å². The van der Waals surface area contributed by atoms with Gasteiger partial charge in [-0.2, -0.15) is 0 Å². The summed E-state index contributed by atoms with van der Waals surface area (Å²) in [5.41, 5.74) is 3.05. The van der Waals surface area contributed by atoms with Crippen molar-refractivity contribution >= 4 is 37.2 Å². The number of nitro groups is 1. The average molecular weight is 382 g/mol. The molecule has 0 atom stereocenters. The van der Waals surface area contributed by atoms with Crippen molar-refractivity contribution in [3.63, 3.8) is 0 Å². The molecule has 0 N–H and O–H groups in total. The van der Waals surface area contributed by atoms with Crippen molar-refractivity contribution in [1.29, 1.82) is 0 Å². The second-order valence-corrected chi connectivity index (χ2v) is 7.56. The minimum absolute atomic E-state index is 0.0888. The van der Waals surface area contributed by atoms with Gasteiger partial charge in [0, 0.05) is 38.0 Å². The van der Waals surface area contributed by atoms with Crippen molar-refractivity contribution < 1.29 is 4.92 Å². The number of aromatic nitrogens is 1. The zero-order chi connectivity index (χ0) is 19.1. The molecule has 5 heteroatoms. The maximum atomic E-state index is 11.9. The number of thiophene rings is 1. The molecule has 0 fully saturated rings. The summed E-state index contributed by atoms with van der Waals surface area (Å²) in [6.07, 6.45) is 1.69. The second-order valence-electron chi connectivity index (χ2n) is 6.48. The molecule has 3 aromatic carbocycles. The van der Waals surface area contributed by atoms with Crippen LogP contribution in [0.2, 0.25) is 0 Å². The summed E-state index contributed by atoms with van der Waals surface area (Å²) in [4.78, 5) is 15.9. The summed E-state index contributed by atoms with van der Waals surface area (Å²) in [6, 6.07) is 25.1. The molecule has 2 heterocycles. The number of nitro benzene ring substituents is 1. The van der Waals surface area contributed by atoms with E-state index in [2.05, 4.69) is 23.2 Å². The van der Waals surface area contributed by atoms with E-state index in [0.717, 1.165) is 32.3 Å². The lowest BCUT2D eigenvalue weighted by Gasteiger charge is -2.08. The molecule has 0 radical (unpaired) electrons. The van der Waals surface area contributed by atoms with Gasteiger partial charge in [-0.3, -0.25) is 15.1 Å². The summed E-state index contributed by atoms with van der Waals surface area (Å²) < 4.78 is 2.31. The second kappa shape index (κ2) is 6.55. The molecule has 5 rings (SSSR count). The molecular formula is C23H14N2O2S. The van der Waals surface area contributed by atoms with E-state index in [1.807, 2.05) is 54.6 Å². The Morgan fingerprint density at radius 3 is 2.46 bits per heavy atom. The summed E-state index contributed by atoms with van der Waals surface area (Å²) in [6.45, 7) is 0. The SMILES string of the molecule is O=[N+]([O-])c1cc(-c2ccccn2)ccc1-c1cccc2sc3ccccc3c12. The number of hydrogen-bond donors (Lipinski definition) is 0. The van der Waals surface area contributed by atoms with Crippen molar-refractivity contribution in [2.45, 2.75) is 0 Å². The molecule has 28 heavy (non-hydrogen) atoms. The Bertz CT molecular complexity index is 1340. The van der Waals surface area contributed by atoms with E-state index in [-0.39, 0.29) is 10.6 Å². The van der Waals surface area contributed by atoms with Crippen LogP contribution in [0.3, 0.4) is 0 Å². The van der Waals surface area contributed by atoms with Gasteiger partial charge < -0.3 is 0 Å². The van der Waals surface area contributed by atoms with Crippen LogP contribution in [0.5, 0.6) is 0 Å². The van der Waals surface area contributed by atoms with Gasteiger partial charge in [0.1, 0.15) is 0 Å². The van der Waals surface area contributed by atoms with Crippen LogP contribution >= 0.6 is 11.3 Å². The van der Waals surface area contributed by atoms with E-state index in [0.29, 0.717) is 5.56 Å². The molecule has 0 saturated carbocycles. The van der Waals surface area contributed by atoms with E-state index in [4.69, 9.17) is 0 Å². The van der Waals surface area contributed by atoms with Crippen LogP contribution in [-0.2, 0) is 0 Å². The first kappa shape index (κ1) is 16.6. The van der Waals surface area contributed by atoms with E-state index in [1.165, 1.54) is 4.70 Å². The Hall–Kier alpha value is -3.57. The highest BCUT2D eigenvalue weighted by molar-refractivity contribution is 7.25. The van der Waals surface area contributed by atoms with Crippen LogP contribution in [0, 0.1) is 10.1 Å². The van der Waals surface area contributed by atoms with Gasteiger partial charge in [-0.25, -0.2) is 0 Å². The molecule has 0 spiro atoms. The van der Waals surface area contributed by atoms with Gasteiger partial charge in [-0.05, 0) is 35.9 Å². The molecule has 2 aromatic heterocycles. The smallest absolute Gasteiger partial charge is 0.258 e. The summed E-state index contributed by atoms with van der Waals surface area (Å²) in [5.74, 6) is 0. The van der Waals surface area contributed by atoms with Crippen molar-refractivity contribution in [3.05, 3.63) is 95.2 Å². The van der Waals surface area contributed by atoms with Crippen LogP contribution < -0.4 is 0 Å². The zero-order valence-electron chi connectivity index (χ0n) is 14.7. The quantitative estimate of drug-likeness (QED) is 0.258.